The SMILES string of the molecule is CC(NC(=O)C1CCCN1)C(=O)NC(Cc1cnc[nH]1)C(=O)NC(Cc1c[nH]c2ccccc12)C(=O)O. The van der Waals surface area contributed by atoms with Gasteiger partial charge in [0.25, 0.3) is 0 Å². The highest BCUT2D eigenvalue weighted by atomic mass is 16.4. The fourth-order valence-corrected chi connectivity index (χ4v) is 4.40. The van der Waals surface area contributed by atoms with E-state index in [1.807, 2.05) is 24.3 Å². The Morgan fingerprint density at radius 3 is 2.54 bits per heavy atom. The number of carboxylic acids is 1. The van der Waals surface area contributed by atoms with Crippen molar-refractivity contribution in [1.82, 2.24) is 36.2 Å². The van der Waals surface area contributed by atoms with Gasteiger partial charge in [-0.3, -0.25) is 14.4 Å². The summed E-state index contributed by atoms with van der Waals surface area (Å²) in [5, 5.41) is 21.6. The molecule has 4 rings (SSSR count). The first-order valence-electron chi connectivity index (χ1n) is 12.2. The predicted molar refractivity (Wildman–Crippen MR) is 134 cm³/mol. The molecule has 196 valence electrons. The number of amides is 3. The molecule has 7 N–H and O–H groups in total. The smallest absolute Gasteiger partial charge is 0.326 e. The average Bonchev–Trinajstić information content (AvgIpc) is 3.65. The molecule has 2 aromatic heterocycles. The van der Waals surface area contributed by atoms with Crippen LogP contribution in [0, 0.1) is 0 Å². The number of aliphatic carboxylic acids is 1. The van der Waals surface area contributed by atoms with Crippen LogP contribution in [0.2, 0.25) is 0 Å². The molecule has 0 radical (unpaired) electrons. The Bertz CT molecular complexity index is 1250. The van der Waals surface area contributed by atoms with Crippen LogP contribution in [0.3, 0.4) is 0 Å². The zero-order valence-electron chi connectivity index (χ0n) is 20.4. The van der Waals surface area contributed by atoms with Crippen LogP contribution < -0.4 is 21.3 Å². The summed E-state index contributed by atoms with van der Waals surface area (Å²) in [5.74, 6) is -2.70. The third kappa shape index (κ3) is 6.53. The molecule has 1 aliphatic heterocycles. The number of H-pyrrole nitrogens is 2. The Balaban J connectivity index is 1.44. The normalized spacial score (nSPS) is 17.6. The van der Waals surface area contributed by atoms with E-state index >= 15 is 0 Å². The highest BCUT2D eigenvalue weighted by molar-refractivity contribution is 5.94. The Labute approximate surface area is 213 Å². The third-order valence-electron chi connectivity index (χ3n) is 6.45. The lowest BCUT2D eigenvalue weighted by Gasteiger charge is -2.23. The number of aromatic nitrogens is 3. The molecule has 0 bridgehead atoms. The molecular weight excluding hydrogens is 478 g/mol. The number of para-hydroxylation sites is 1. The van der Waals surface area contributed by atoms with Crippen molar-refractivity contribution in [3.8, 4) is 0 Å². The van der Waals surface area contributed by atoms with Crippen molar-refractivity contribution in [1.29, 1.82) is 0 Å². The monoisotopic (exact) mass is 509 g/mol. The minimum atomic E-state index is -1.22. The Morgan fingerprint density at radius 1 is 1.05 bits per heavy atom. The van der Waals surface area contributed by atoms with Crippen molar-refractivity contribution < 1.29 is 24.3 Å². The largest absolute Gasteiger partial charge is 0.480 e. The van der Waals surface area contributed by atoms with Crippen molar-refractivity contribution in [2.45, 2.75) is 56.8 Å². The molecule has 4 atom stereocenters. The summed E-state index contributed by atoms with van der Waals surface area (Å²) in [6, 6.07) is 3.92. The molecule has 1 saturated heterocycles. The van der Waals surface area contributed by atoms with E-state index in [4.69, 9.17) is 0 Å². The molecule has 1 aromatic carbocycles. The van der Waals surface area contributed by atoms with Gasteiger partial charge in [-0.25, -0.2) is 9.78 Å². The topological polar surface area (TPSA) is 181 Å². The van der Waals surface area contributed by atoms with Crippen molar-refractivity contribution in [2.75, 3.05) is 6.54 Å². The van der Waals surface area contributed by atoms with Crippen LogP contribution in [-0.2, 0) is 32.0 Å². The van der Waals surface area contributed by atoms with Crippen LogP contribution in [0.1, 0.15) is 31.0 Å². The van der Waals surface area contributed by atoms with E-state index in [1.54, 1.807) is 6.20 Å². The van der Waals surface area contributed by atoms with Crippen LogP contribution in [0.25, 0.3) is 10.9 Å². The molecule has 0 spiro atoms. The number of carbonyl (C=O) groups is 4. The van der Waals surface area contributed by atoms with Gasteiger partial charge in [-0.05, 0) is 37.9 Å². The summed E-state index contributed by atoms with van der Waals surface area (Å²) in [4.78, 5) is 60.5. The van der Waals surface area contributed by atoms with E-state index in [-0.39, 0.29) is 24.8 Å². The van der Waals surface area contributed by atoms with E-state index in [0.29, 0.717) is 12.1 Å². The number of imidazole rings is 1. The van der Waals surface area contributed by atoms with E-state index in [0.717, 1.165) is 29.4 Å². The average molecular weight is 510 g/mol. The first kappa shape index (κ1) is 25.9. The lowest BCUT2D eigenvalue weighted by atomic mass is 10.0. The summed E-state index contributed by atoms with van der Waals surface area (Å²) in [7, 11) is 0. The maximum atomic E-state index is 13.2. The van der Waals surface area contributed by atoms with Crippen molar-refractivity contribution >= 4 is 34.6 Å². The Kier molecular flexibility index (Phi) is 8.18. The minimum absolute atomic E-state index is 0.0522. The molecule has 4 unspecified atom stereocenters. The number of nitrogens with zero attached hydrogens (tertiary/aromatic N) is 1. The molecule has 1 aliphatic rings. The van der Waals surface area contributed by atoms with Gasteiger partial charge in [0.1, 0.15) is 18.1 Å². The zero-order chi connectivity index (χ0) is 26.4. The summed E-state index contributed by atoms with van der Waals surface area (Å²) in [6.45, 7) is 2.28. The van der Waals surface area contributed by atoms with Gasteiger partial charge in [0.2, 0.25) is 17.7 Å². The maximum absolute atomic E-state index is 13.2. The van der Waals surface area contributed by atoms with E-state index in [1.165, 1.54) is 19.4 Å². The fraction of sp³-hybridized carbons (Fsp3) is 0.400. The fourth-order valence-electron chi connectivity index (χ4n) is 4.40. The van der Waals surface area contributed by atoms with Gasteiger partial charge in [0.05, 0.1) is 12.4 Å². The highest BCUT2D eigenvalue weighted by Gasteiger charge is 2.30. The number of carbonyl (C=O) groups excluding carboxylic acids is 3. The number of hydrogen-bond acceptors (Lipinski definition) is 6. The molecule has 3 amide bonds. The number of fused-ring (bicyclic) bond motifs is 1. The number of hydrogen-bond donors (Lipinski definition) is 7. The van der Waals surface area contributed by atoms with Gasteiger partial charge in [0, 0.05) is 41.8 Å². The molecule has 3 aromatic rings. The number of aromatic amines is 2. The van der Waals surface area contributed by atoms with Gasteiger partial charge >= 0.3 is 5.97 Å². The molecule has 12 heteroatoms. The number of benzene rings is 1. The number of nitrogens with one attached hydrogen (secondary N) is 6. The van der Waals surface area contributed by atoms with Crippen LogP contribution in [-0.4, -0.2) is 74.5 Å². The maximum Gasteiger partial charge on any atom is 0.326 e. The van der Waals surface area contributed by atoms with Crippen molar-refractivity contribution in [3.63, 3.8) is 0 Å². The lowest BCUT2D eigenvalue weighted by Crippen LogP contribution is -2.57. The van der Waals surface area contributed by atoms with Crippen LogP contribution in [0.5, 0.6) is 0 Å². The Morgan fingerprint density at radius 2 is 1.84 bits per heavy atom. The van der Waals surface area contributed by atoms with E-state index < -0.39 is 35.9 Å². The van der Waals surface area contributed by atoms with Crippen LogP contribution >= 0.6 is 0 Å². The summed E-state index contributed by atoms with van der Waals surface area (Å²) < 4.78 is 0. The van der Waals surface area contributed by atoms with Gasteiger partial charge in [-0.2, -0.15) is 0 Å². The third-order valence-corrected chi connectivity index (χ3v) is 6.45. The lowest BCUT2D eigenvalue weighted by molar-refractivity contribution is -0.142. The highest BCUT2D eigenvalue weighted by Crippen LogP contribution is 2.19. The van der Waals surface area contributed by atoms with Crippen LogP contribution in [0.4, 0.5) is 0 Å². The van der Waals surface area contributed by atoms with Crippen LogP contribution in [0.15, 0.2) is 43.0 Å². The predicted octanol–water partition coefficient (Wildman–Crippen LogP) is -0.0129. The minimum Gasteiger partial charge on any atom is -0.480 e. The molecule has 1 fully saturated rings. The van der Waals surface area contributed by atoms with E-state index in [9.17, 15) is 24.3 Å². The van der Waals surface area contributed by atoms with Gasteiger partial charge in [-0.1, -0.05) is 18.2 Å². The quantitative estimate of drug-likeness (QED) is 0.190. The first-order chi connectivity index (χ1) is 17.8. The zero-order valence-corrected chi connectivity index (χ0v) is 20.4. The summed E-state index contributed by atoms with van der Waals surface area (Å²) >= 11 is 0. The Hall–Kier alpha value is -4.19. The second-order valence-corrected chi connectivity index (χ2v) is 9.18. The number of carboxylic acid groups (broad SMARTS) is 1. The van der Waals surface area contributed by atoms with Gasteiger partial charge < -0.3 is 36.3 Å². The van der Waals surface area contributed by atoms with Crippen molar-refractivity contribution in [2.24, 2.45) is 0 Å². The second kappa shape index (κ2) is 11.7. The molecule has 37 heavy (non-hydrogen) atoms. The summed E-state index contributed by atoms with van der Waals surface area (Å²) in [6.07, 6.45) is 6.37. The molecule has 3 heterocycles. The second-order valence-electron chi connectivity index (χ2n) is 9.18. The number of rotatable bonds is 11. The standard InChI is InChI=1S/C25H31N7O5/c1-14(30-23(34)19-7-4-8-27-19)22(33)31-20(10-16-12-26-13-29-16)24(35)32-21(25(36)37)9-15-11-28-18-6-3-2-5-17(15)18/h2-3,5-6,11-14,19-21,27-28H,4,7-10H2,1H3,(H,26,29)(H,30,34)(H,31,33)(H,32,35)(H,36,37). The molecular formula is C25H31N7O5. The first-order valence-corrected chi connectivity index (χ1v) is 12.2. The molecule has 0 saturated carbocycles. The molecule has 12 nitrogen and oxygen atoms in total. The van der Waals surface area contributed by atoms with Crippen molar-refractivity contribution in [3.05, 3.63) is 54.2 Å². The summed E-state index contributed by atoms with van der Waals surface area (Å²) in [5.41, 5.74) is 2.19. The molecule has 0 aliphatic carbocycles. The van der Waals surface area contributed by atoms with Gasteiger partial charge in [-0.15, -0.1) is 0 Å². The van der Waals surface area contributed by atoms with Gasteiger partial charge in [0.15, 0.2) is 0 Å². The van der Waals surface area contributed by atoms with E-state index in [2.05, 4.69) is 36.2 Å².